The molecule has 2 rings (SSSR count). The molecule has 114 valence electrons. The number of nitrogens with one attached hydrogen (secondary N) is 1. The second-order valence-electron chi connectivity index (χ2n) is 5.55. The minimum absolute atomic E-state index is 0.000454. The van der Waals surface area contributed by atoms with Crippen molar-refractivity contribution in [1.82, 2.24) is 10.2 Å². The van der Waals surface area contributed by atoms with Crippen LogP contribution in [0.4, 0.5) is 0 Å². The quantitative estimate of drug-likeness (QED) is 0.781. The number of carbonyl (C=O) groups excluding carboxylic acids is 2. The fourth-order valence-corrected chi connectivity index (χ4v) is 2.79. The molecule has 1 atom stereocenters. The number of nitrogens with zero attached hydrogens (tertiary/aromatic N) is 1. The smallest absolute Gasteiger partial charge is 0.243 e. The topological polar surface area (TPSA) is 49.4 Å². The highest BCUT2D eigenvalue weighted by atomic mass is 16.2. The largest absolute Gasteiger partial charge is 0.345 e. The van der Waals surface area contributed by atoms with Crippen molar-refractivity contribution in [3.05, 3.63) is 35.9 Å². The van der Waals surface area contributed by atoms with Gasteiger partial charge in [0.2, 0.25) is 11.8 Å². The van der Waals surface area contributed by atoms with E-state index < -0.39 is 0 Å². The summed E-state index contributed by atoms with van der Waals surface area (Å²) >= 11 is 0. The molecular formula is C17H24N2O2. The standard InChI is InChI=1S/C17H24N2O2/c1-2-8-15-17(21)18-13-16(20)19(15)12-7-6-11-14-9-4-3-5-10-14/h3-5,9-10,15H,2,6-8,11-13H2,1H3,(H,18,21). The molecule has 1 N–H and O–H groups in total. The first-order valence-electron chi connectivity index (χ1n) is 7.83. The van der Waals surface area contributed by atoms with Crippen molar-refractivity contribution in [2.75, 3.05) is 13.1 Å². The lowest BCUT2D eigenvalue weighted by Gasteiger charge is -2.35. The average Bonchev–Trinajstić information content (AvgIpc) is 2.51. The Morgan fingerprint density at radius 2 is 1.95 bits per heavy atom. The normalized spacial score (nSPS) is 18.7. The number of piperazine rings is 1. The van der Waals surface area contributed by atoms with Crippen LogP contribution in [-0.2, 0) is 16.0 Å². The lowest BCUT2D eigenvalue weighted by molar-refractivity contribution is -0.145. The van der Waals surface area contributed by atoms with Gasteiger partial charge in [0.15, 0.2) is 0 Å². The van der Waals surface area contributed by atoms with Gasteiger partial charge in [0.05, 0.1) is 6.54 Å². The Bertz CT molecular complexity index is 473. The van der Waals surface area contributed by atoms with Gasteiger partial charge < -0.3 is 10.2 Å². The second-order valence-corrected chi connectivity index (χ2v) is 5.55. The first-order chi connectivity index (χ1) is 10.2. The van der Waals surface area contributed by atoms with E-state index in [1.165, 1.54) is 5.56 Å². The minimum atomic E-state index is -0.270. The number of unbranched alkanes of at least 4 members (excludes halogenated alkanes) is 1. The van der Waals surface area contributed by atoms with Gasteiger partial charge in [-0.1, -0.05) is 43.7 Å². The molecule has 1 heterocycles. The Labute approximate surface area is 126 Å². The number of hydrogen-bond donors (Lipinski definition) is 1. The highest BCUT2D eigenvalue weighted by Crippen LogP contribution is 2.14. The predicted molar refractivity (Wildman–Crippen MR) is 82.8 cm³/mol. The van der Waals surface area contributed by atoms with Crippen LogP contribution in [0.3, 0.4) is 0 Å². The third kappa shape index (κ3) is 4.31. The molecule has 1 fully saturated rings. The number of carbonyl (C=O) groups is 2. The highest BCUT2D eigenvalue weighted by Gasteiger charge is 2.32. The number of hydrogen-bond acceptors (Lipinski definition) is 2. The number of rotatable bonds is 7. The molecule has 1 aliphatic rings. The first-order valence-corrected chi connectivity index (χ1v) is 7.83. The molecule has 0 spiro atoms. The van der Waals surface area contributed by atoms with E-state index in [0.29, 0.717) is 6.54 Å². The second kappa shape index (κ2) is 7.81. The van der Waals surface area contributed by atoms with Crippen LogP contribution in [-0.4, -0.2) is 35.8 Å². The van der Waals surface area contributed by atoms with E-state index in [2.05, 4.69) is 17.4 Å². The number of amides is 2. The molecule has 0 aromatic heterocycles. The van der Waals surface area contributed by atoms with E-state index in [9.17, 15) is 9.59 Å². The summed E-state index contributed by atoms with van der Waals surface area (Å²) in [5.41, 5.74) is 1.32. The Morgan fingerprint density at radius 1 is 1.19 bits per heavy atom. The highest BCUT2D eigenvalue weighted by molar-refractivity contribution is 5.94. The summed E-state index contributed by atoms with van der Waals surface area (Å²) in [7, 11) is 0. The molecule has 21 heavy (non-hydrogen) atoms. The van der Waals surface area contributed by atoms with Gasteiger partial charge in [-0.3, -0.25) is 9.59 Å². The van der Waals surface area contributed by atoms with Crippen molar-refractivity contribution in [2.24, 2.45) is 0 Å². The van der Waals surface area contributed by atoms with Crippen LogP contribution < -0.4 is 5.32 Å². The van der Waals surface area contributed by atoms with E-state index >= 15 is 0 Å². The van der Waals surface area contributed by atoms with Gasteiger partial charge in [0.1, 0.15) is 6.04 Å². The third-order valence-corrected chi connectivity index (χ3v) is 3.93. The molecule has 0 aliphatic carbocycles. The summed E-state index contributed by atoms with van der Waals surface area (Å²) in [5.74, 6) is 0.0484. The fraction of sp³-hybridized carbons (Fsp3) is 0.529. The maximum absolute atomic E-state index is 12.0. The zero-order valence-electron chi connectivity index (χ0n) is 12.7. The zero-order chi connectivity index (χ0) is 15.1. The van der Waals surface area contributed by atoms with Crippen LogP contribution in [0.5, 0.6) is 0 Å². The lowest BCUT2D eigenvalue weighted by Crippen LogP contribution is -2.58. The van der Waals surface area contributed by atoms with E-state index in [0.717, 1.165) is 32.1 Å². The van der Waals surface area contributed by atoms with Gasteiger partial charge in [-0.25, -0.2) is 0 Å². The zero-order valence-corrected chi connectivity index (χ0v) is 12.7. The Hall–Kier alpha value is -1.84. The van der Waals surface area contributed by atoms with Crippen molar-refractivity contribution in [3.63, 3.8) is 0 Å². The van der Waals surface area contributed by atoms with Crippen LogP contribution in [0.2, 0.25) is 0 Å². The maximum atomic E-state index is 12.0. The Kier molecular flexibility index (Phi) is 5.78. The van der Waals surface area contributed by atoms with Crippen LogP contribution >= 0.6 is 0 Å². The predicted octanol–water partition coefficient (Wildman–Crippen LogP) is 2.14. The van der Waals surface area contributed by atoms with Crippen LogP contribution in [0.25, 0.3) is 0 Å². The van der Waals surface area contributed by atoms with Crippen molar-refractivity contribution in [3.8, 4) is 0 Å². The monoisotopic (exact) mass is 288 g/mol. The van der Waals surface area contributed by atoms with E-state index in [4.69, 9.17) is 0 Å². The SMILES string of the molecule is CCCC1C(=O)NCC(=O)N1CCCCc1ccccc1. The molecule has 1 aliphatic heterocycles. The van der Waals surface area contributed by atoms with Crippen molar-refractivity contribution < 1.29 is 9.59 Å². The molecule has 0 radical (unpaired) electrons. The van der Waals surface area contributed by atoms with Gasteiger partial charge in [-0.15, -0.1) is 0 Å². The molecule has 1 aromatic rings. The molecule has 2 amide bonds. The molecular weight excluding hydrogens is 264 g/mol. The van der Waals surface area contributed by atoms with E-state index in [-0.39, 0.29) is 24.4 Å². The van der Waals surface area contributed by atoms with Gasteiger partial charge in [0.25, 0.3) is 0 Å². The molecule has 1 unspecified atom stereocenters. The Balaban J connectivity index is 1.81. The lowest BCUT2D eigenvalue weighted by atomic mass is 10.0. The summed E-state index contributed by atoms with van der Waals surface area (Å²) in [6, 6.07) is 10.1. The third-order valence-electron chi connectivity index (χ3n) is 3.93. The van der Waals surface area contributed by atoms with Crippen molar-refractivity contribution in [1.29, 1.82) is 0 Å². The van der Waals surface area contributed by atoms with Crippen LogP contribution in [0.1, 0.15) is 38.2 Å². The van der Waals surface area contributed by atoms with Gasteiger partial charge in [-0.2, -0.15) is 0 Å². The number of aryl methyl sites for hydroxylation is 1. The van der Waals surface area contributed by atoms with Crippen molar-refractivity contribution >= 4 is 11.8 Å². The number of benzene rings is 1. The van der Waals surface area contributed by atoms with Gasteiger partial charge in [0, 0.05) is 6.54 Å². The van der Waals surface area contributed by atoms with Gasteiger partial charge in [-0.05, 0) is 31.2 Å². The van der Waals surface area contributed by atoms with E-state index in [1.54, 1.807) is 4.90 Å². The summed E-state index contributed by atoms with van der Waals surface area (Å²) in [6.45, 7) is 2.88. The first kappa shape index (κ1) is 15.5. The summed E-state index contributed by atoms with van der Waals surface area (Å²) in [6.07, 6.45) is 4.65. The van der Waals surface area contributed by atoms with Gasteiger partial charge >= 0.3 is 0 Å². The van der Waals surface area contributed by atoms with Crippen molar-refractivity contribution in [2.45, 2.75) is 45.1 Å². The molecule has 1 aromatic carbocycles. The van der Waals surface area contributed by atoms with Crippen LogP contribution in [0, 0.1) is 0 Å². The molecule has 0 bridgehead atoms. The summed E-state index contributed by atoms with van der Waals surface area (Å²) in [5, 5.41) is 2.68. The fourth-order valence-electron chi connectivity index (χ4n) is 2.79. The molecule has 4 nitrogen and oxygen atoms in total. The summed E-state index contributed by atoms with van der Waals surface area (Å²) in [4.78, 5) is 25.7. The molecule has 1 saturated heterocycles. The molecule has 4 heteroatoms. The minimum Gasteiger partial charge on any atom is -0.345 e. The average molecular weight is 288 g/mol. The maximum Gasteiger partial charge on any atom is 0.243 e. The molecule has 0 saturated carbocycles. The van der Waals surface area contributed by atoms with Crippen LogP contribution in [0.15, 0.2) is 30.3 Å². The Morgan fingerprint density at radius 3 is 2.67 bits per heavy atom. The summed E-state index contributed by atoms with van der Waals surface area (Å²) < 4.78 is 0. The van der Waals surface area contributed by atoms with E-state index in [1.807, 2.05) is 25.1 Å².